The summed E-state index contributed by atoms with van der Waals surface area (Å²) in [7, 11) is 0. The first-order valence-electron chi connectivity index (χ1n) is 11.9. The number of nitrogens with one attached hydrogen (secondary N) is 1. The van der Waals surface area contributed by atoms with E-state index < -0.39 is 11.6 Å². The molecule has 1 fully saturated rings. The standard InChI is InChI=1S/C24H34N4O5S2/c1-7-32-22(30)17-13-34-20(27-17)15(11-14(2)3)25-19(29)16-12-35-21(26-16)18-9-8-10-28(18)23(31)33-24(4,5)6/h12-15,18H,7-11H2,1-6H3,(H,25,29)/t15-,18+/m1/s1. The molecule has 3 rings (SSSR count). The lowest BCUT2D eigenvalue weighted by atomic mass is 10.0. The monoisotopic (exact) mass is 522 g/mol. The van der Waals surface area contributed by atoms with Crippen molar-refractivity contribution in [1.29, 1.82) is 0 Å². The van der Waals surface area contributed by atoms with Crippen LogP contribution in [-0.4, -0.2) is 51.6 Å². The number of carbonyl (C=O) groups excluding carboxylic acids is 3. The maximum absolute atomic E-state index is 13.1. The summed E-state index contributed by atoms with van der Waals surface area (Å²) in [6.45, 7) is 12.3. The summed E-state index contributed by atoms with van der Waals surface area (Å²) < 4.78 is 10.6. The van der Waals surface area contributed by atoms with E-state index in [0.29, 0.717) is 29.6 Å². The molecule has 2 aromatic heterocycles. The fourth-order valence-corrected chi connectivity index (χ4v) is 5.58. The first kappa shape index (κ1) is 27.1. The lowest BCUT2D eigenvalue weighted by molar-refractivity contribution is 0.0224. The number of nitrogens with zero attached hydrogens (tertiary/aromatic N) is 3. The minimum atomic E-state index is -0.577. The van der Waals surface area contributed by atoms with Gasteiger partial charge in [0.15, 0.2) is 5.69 Å². The number of likely N-dealkylation sites (tertiary alicyclic amines) is 1. The average molecular weight is 523 g/mol. The van der Waals surface area contributed by atoms with Crippen molar-refractivity contribution in [1.82, 2.24) is 20.2 Å². The third kappa shape index (κ3) is 7.23. The number of hydrogen-bond donors (Lipinski definition) is 1. The predicted molar refractivity (Wildman–Crippen MR) is 135 cm³/mol. The van der Waals surface area contributed by atoms with Gasteiger partial charge in [-0.05, 0) is 52.9 Å². The number of aromatic nitrogens is 2. The van der Waals surface area contributed by atoms with Gasteiger partial charge in [-0.15, -0.1) is 22.7 Å². The highest BCUT2D eigenvalue weighted by Crippen LogP contribution is 2.35. The quantitative estimate of drug-likeness (QED) is 0.464. The fourth-order valence-electron chi connectivity index (χ4n) is 3.78. The van der Waals surface area contributed by atoms with Crippen molar-refractivity contribution in [3.05, 3.63) is 32.2 Å². The summed E-state index contributed by atoms with van der Waals surface area (Å²) in [4.78, 5) is 48.4. The van der Waals surface area contributed by atoms with E-state index >= 15 is 0 Å². The second-order valence-electron chi connectivity index (χ2n) is 9.85. The molecular weight excluding hydrogens is 488 g/mol. The van der Waals surface area contributed by atoms with E-state index in [2.05, 4.69) is 29.1 Å². The van der Waals surface area contributed by atoms with Crippen molar-refractivity contribution in [2.24, 2.45) is 5.92 Å². The van der Waals surface area contributed by atoms with Gasteiger partial charge in [-0.3, -0.25) is 9.69 Å². The van der Waals surface area contributed by atoms with Gasteiger partial charge in [-0.25, -0.2) is 19.6 Å². The first-order chi connectivity index (χ1) is 16.5. The molecule has 0 aliphatic carbocycles. The summed E-state index contributed by atoms with van der Waals surface area (Å²) in [5.74, 6) is -0.491. The molecule has 1 aliphatic rings. The van der Waals surface area contributed by atoms with Crippen LogP contribution in [0.3, 0.4) is 0 Å². The molecule has 2 amide bonds. The van der Waals surface area contributed by atoms with Gasteiger partial charge in [-0.1, -0.05) is 13.8 Å². The van der Waals surface area contributed by atoms with Crippen LogP contribution in [0.1, 0.15) is 104 Å². The topological polar surface area (TPSA) is 111 Å². The molecule has 0 aromatic carbocycles. The van der Waals surface area contributed by atoms with Gasteiger partial charge in [0.25, 0.3) is 5.91 Å². The van der Waals surface area contributed by atoms with Gasteiger partial charge in [0.05, 0.1) is 18.7 Å². The van der Waals surface area contributed by atoms with Crippen LogP contribution in [0, 0.1) is 5.92 Å². The molecular formula is C24H34N4O5S2. The number of hydrogen-bond acceptors (Lipinski definition) is 9. The van der Waals surface area contributed by atoms with Crippen LogP contribution in [0.15, 0.2) is 10.8 Å². The summed E-state index contributed by atoms with van der Waals surface area (Å²) in [5, 5.41) is 7.77. The zero-order valence-corrected chi connectivity index (χ0v) is 22.8. The molecule has 11 heteroatoms. The minimum absolute atomic E-state index is 0.200. The Kier molecular flexibility index (Phi) is 8.87. The van der Waals surface area contributed by atoms with E-state index in [1.165, 1.54) is 22.7 Å². The summed E-state index contributed by atoms with van der Waals surface area (Å²) in [5.41, 5.74) is -0.0294. The second kappa shape index (κ2) is 11.5. The number of carbonyl (C=O) groups is 3. The van der Waals surface area contributed by atoms with E-state index in [1.807, 2.05) is 20.8 Å². The molecule has 1 aliphatic heterocycles. The van der Waals surface area contributed by atoms with Gasteiger partial charge < -0.3 is 14.8 Å². The van der Waals surface area contributed by atoms with Crippen LogP contribution in [0.4, 0.5) is 4.79 Å². The Hall–Kier alpha value is -2.53. The van der Waals surface area contributed by atoms with E-state index in [0.717, 1.165) is 17.8 Å². The average Bonchev–Trinajstić information content (AvgIpc) is 3.52. The summed E-state index contributed by atoms with van der Waals surface area (Å²) in [6, 6.07) is -0.556. The largest absolute Gasteiger partial charge is 0.461 e. The Bertz CT molecular complexity index is 1040. The highest BCUT2D eigenvalue weighted by Gasteiger charge is 2.35. The number of ether oxygens (including phenoxy) is 2. The lowest BCUT2D eigenvalue weighted by Gasteiger charge is -2.27. The Morgan fingerprint density at radius 3 is 2.54 bits per heavy atom. The van der Waals surface area contributed by atoms with Crippen molar-refractivity contribution in [3.8, 4) is 0 Å². The molecule has 0 unspecified atom stereocenters. The number of esters is 1. The van der Waals surface area contributed by atoms with E-state index in [-0.39, 0.29) is 36.4 Å². The van der Waals surface area contributed by atoms with E-state index in [9.17, 15) is 14.4 Å². The highest BCUT2D eigenvalue weighted by molar-refractivity contribution is 7.10. The van der Waals surface area contributed by atoms with Crippen LogP contribution in [-0.2, 0) is 9.47 Å². The normalized spacial score (nSPS) is 16.9. The number of amides is 2. The second-order valence-corrected chi connectivity index (χ2v) is 11.6. The van der Waals surface area contributed by atoms with Crippen LogP contribution in [0.25, 0.3) is 0 Å². The van der Waals surface area contributed by atoms with Gasteiger partial charge in [-0.2, -0.15) is 0 Å². The molecule has 35 heavy (non-hydrogen) atoms. The van der Waals surface area contributed by atoms with Crippen molar-refractivity contribution < 1.29 is 23.9 Å². The molecule has 2 aromatic rings. The SMILES string of the molecule is CCOC(=O)c1csc([C@@H](CC(C)C)NC(=O)c2csc([C@@H]3CCCN3C(=O)OC(C)(C)C)n2)n1. The molecule has 0 bridgehead atoms. The van der Waals surface area contributed by atoms with Crippen molar-refractivity contribution in [2.45, 2.75) is 78.5 Å². The van der Waals surface area contributed by atoms with Crippen LogP contribution >= 0.6 is 22.7 Å². The third-order valence-corrected chi connectivity index (χ3v) is 7.14. The summed E-state index contributed by atoms with van der Waals surface area (Å²) >= 11 is 2.69. The van der Waals surface area contributed by atoms with Gasteiger partial charge >= 0.3 is 12.1 Å². The summed E-state index contributed by atoms with van der Waals surface area (Å²) in [6.07, 6.45) is 1.93. The first-order valence-corrected chi connectivity index (χ1v) is 13.6. The van der Waals surface area contributed by atoms with Crippen molar-refractivity contribution >= 4 is 40.6 Å². The Labute approximate surface area is 214 Å². The molecule has 2 atom stereocenters. The maximum atomic E-state index is 13.1. The third-order valence-electron chi connectivity index (χ3n) is 5.24. The maximum Gasteiger partial charge on any atom is 0.410 e. The van der Waals surface area contributed by atoms with Crippen molar-refractivity contribution in [3.63, 3.8) is 0 Å². The Morgan fingerprint density at radius 1 is 1.17 bits per heavy atom. The zero-order valence-electron chi connectivity index (χ0n) is 21.1. The molecule has 0 radical (unpaired) electrons. The van der Waals surface area contributed by atoms with Gasteiger partial charge in [0.2, 0.25) is 0 Å². The van der Waals surface area contributed by atoms with E-state index in [4.69, 9.17) is 9.47 Å². The number of thiazole rings is 2. The molecule has 0 saturated carbocycles. The lowest BCUT2D eigenvalue weighted by Crippen LogP contribution is -2.36. The van der Waals surface area contributed by atoms with Gasteiger partial charge in [0.1, 0.15) is 21.3 Å². The zero-order chi connectivity index (χ0) is 25.8. The van der Waals surface area contributed by atoms with Gasteiger partial charge in [0, 0.05) is 17.3 Å². The smallest absolute Gasteiger partial charge is 0.410 e. The van der Waals surface area contributed by atoms with Crippen molar-refractivity contribution in [2.75, 3.05) is 13.2 Å². The molecule has 9 nitrogen and oxygen atoms in total. The molecule has 0 spiro atoms. The predicted octanol–water partition coefficient (Wildman–Crippen LogP) is 5.37. The molecule has 3 heterocycles. The van der Waals surface area contributed by atoms with Crippen LogP contribution < -0.4 is 5.32 Å². The Morgan fingerprint density at radius 2 is 1.89 bits per heavy atom. The van der Waals surface area contributed by atoms with E-state index in [1.54, 1.807) is 22.6 Å². The minimum Gasteiger partial charge on any atom is -0.461 e. The Balaban J connectivity index is 1.72. The van der Waals surface area contributed by atoms with Crippen LogP contribution in [0.5, 0.6) is 0 Å². The highest BCUT2D eigenvalue weighted by atomic mass is 32.1. The number of rotatable bonds is 8. The van der Waals surface area contributed by atoms with Crippen LogP contribution in [0.2, 0.25) is 0 Å². The molecule has 1 saturated heterocycles. The molecule has 1 N–H and O–H groups in total. The fraction of sp³-hybridized carbons (Fsp3) is 0.625. The molecule has 192 valence electrons.